The smallest absolute Gasteiger partial charge is 0.341 e. The Morgan fingerprint density at radius 1 is 1.35 bits per heavy atom. The average Bonchev–Trinajstić information content (AvgIpc) is 2.41. The van der Waals surface area contributed by atoms with E-state index in [4.69, 9.17) is 21.4 Å². The quantitative estimate of drug-likeness (QED) is 0.686. The van der Waals surface area contributed by atoms with E-state index in [1.54, 1.807) is 0 Å². The molecular formula is C12H7ClN2O5. The molecule has 0 saturated carbocycles. The van der Waals surface area contributed by atoms with Crippen molar-refractivity contribution in [2.75, 3.05) is 0 Å². The highest BCUT2D eigenvalue weighted by Crippen LogP contribution is 2.33. The van der Waals surface area contributed by atoms with E-state index in [2.05, 4.69) is 4.98 Å². The number of nitro benzene ring substituents is 1. The molecule has 0 bridgehead atoms. The third-order valence-corrected chi connectivity index (χ3v) is 2.67. The van der Waals surface area contributed by atoms with E-state index in [1.165, 1.54) is 24.4 Å². The molecule has 2 rings (SSSR count). The Labute approximate surface area is 117 Å². The number of aromatic nitrogens is 1. The SMILES string of the molecule is O=C(O)c1cnccc1Oc1cc([N+](=O)[O-])ccc1Cl. The van der Waals surface area contributed by atoms with Crippen molar-refractivity contribution in [3.05, 3.63) is 57.4 Å². The fourth-order valence-corrected chi connectivity index (χ4v) is 1.59. The number of benzene rings is 1. The molecule has 1 aromatic heterocycles. The van der Waals surface area contributed by atoms with E-state index in [0.29, 0.717) is 0 Å². The molecular weight excluding hydrogens is 288 g/mol. The monoisotopic (exact) mass is 294 g/mol. The van der Waals surface area contributed by atoms with Gasteiger partial charge in [0, 0.05) is 24.5 Å². The molecule has 0 fully saturated rings. The summed E-state index contributed by atoms with van der Waals surface area (Å²) in [5.74, 6) is -1.24. The highest BCUT2D eigenvalue weighted by Gasteiger charge is 2.16. The number of halogens is 1. The van der Waals surface area contributed by atoms with Crippen molar-refractivity contribution in [3.8, 4) is 11.5 Å². The number of ether oxygens (including phenoxy) is 1. The minimum absolute atomic E-state index is 0.00472. The molecule has 102 valence electrons. The van der Waals surface area contributed by atoms with Crippen LogP contribution in [-0.2, 0) is 0 Å². The maximum Gasteiger partial charge on any atom is 0.341 e. The molecule has 0 radical (unpaired) electrons. The highest BCUT2D eigenvalue weighted by atomic mass is 35.5. The topological polar surface area (TPSA) is 103 Å². The summed E-state index contributed by atoms with van der Waals surface area (Å²) < 4.78 is 5.34. The number of nitrogens with zero attached hydrogens (tertiary/aromatic N) is 2. The number of hydrogen-bond acceptors (Lipinski definition) is 5. The molecule has 20 heavy (non-hydrogen) atoms. The summed E-state index contributed by atoms with van der Waals surface area (Å²) in [6, 6.07) is 4.98. The lowest BCUT2D eigenvalue weighted by molar-refractivity contribution is -0.384. The summed E-state index contributed by atoms with van der Waals surface area (Å²) >= 11 is 5.87. The second-order valence-corrected chi connectivity index (χ2v) is 4.06. The molecule has 0 atom stereocenters. The van der Waals surface area contributed by atoms with Gasteiger partial charge in [-0.15, -0.1) is 0 Å². The molecule has 1 N–H and O–H groups in total. The Hall–Kier alpha value is -2.67. The van der Waals surface area contributed by atoms with E-state index in [0.717, 1.165) is 12.3 Å². The van der Waals surface area contributed by atoms with Gasteiger partial charge in [0.2, 0.25) is 0 Å². The normalized spacial score (nSPS) is 10.1. The summed E-state index contributed by atoms with van der Waals surface area (Å²) in [7, 11) is 0. The molecule has 0 aliphatic rings. The van der Waals surface area contributed by atoms with Gasteiger partial charge in [0.15, 0.2) is 5.75 Å². The molecule has 0 amide bonds. The van der Waals surface area contributed by atoms with Gasteiger partial charge in [0.05, 0.1) is 16.0 Å². The number of nitro groups is 1. The molecule has 0 saturated heterocycles. The van der Waals surface area contributed by atoms with Crippen LogP contribution in [0.5, 0.6) is 11.5 Å². The van der Waals surface area contributed by atoms with Gasteiger partial charge in [0.1, 0.15) is 11.3 Å². The molecule has 1 aromatic carbocycles. The number of rotatable bonds is 4. The van der Waals surface area contributed by atoms with Gasteiger partial charge in [-0.3, -0.25) is 15.1 Å². The number of carboxylic acids is 1. The van der Waals surface area contributed by atoms with Crippen LogP contribution < -0.4 is 4.74 Å². The molecule has 0 aliphatic carbocycles. The van der Waals surface area contributed by atoms with Crippen molar-refractivity contribution in [2.45, 2.75) is 0 Å². The fraction of sp³-hybridized carbons (Fsp3) is 0. The highest BCUT2D eigenvalue weighted by molar-refractivity contribution is 6.32. The van der Waals surface area contributed by atoms with Crippen LogP contribution in [0.1, 0.15) is 10.4 Å². The van der Waals surface area contributed by atoms with Crippen LogP contribution in [-0.4, -0.2) is 21.0 Å². The maximum atomic E-state index is 11.0. The molecule has 0 unspecified atom stereocenters. The van der Waals surface area contributed by atoms with Gasteiger partial charge in [0.25, 0.3) is 5.69 Å². The largest absolute Gasteiger partial charge is 0.477 e. The van der Waals surface area contributed by atoms with Crippen LogP contribution in [0.15, 0.2) is 36.7 Å². The molecule has 0 aliphatic heterocycles. The summed E-state index contributed by atoms with van der Waals surface area (Å²) in [6.07, 6.45) is 2.45. The number of hydrogen-bond donors (Lipinski definition) is 1. The molecule has 0 spiro atoms. The van der Waals surface area contributed by atoms with E-state index in [1.807, 2.05) is 0 Å². The Bertz CT molecular complexity index is 689. The lowest BCUT2D eigenvalue weighted by Gasteiger charge is -2.09. The van der Waals surface area contributed by atoms with Crippen LogP contribution in [0.3, 0.4) is 0 Å². The van der Waals surface area contributed by atoms with Crippen molar-refractivity contribution in [3.63, 3.8) is 0 Å². The standard InChI is InChI=1S/C12H7ClN2O5/c13-9-2-1-7(15(18)19)5-11(9)20-10-3-4-14-6-8(10)12(16)17/h1-6H,(H,16,17). The zero-order chi connectivity index (χ0) is 14.7. The summed E-state index contributed by atoms with van der Waals surface area (Å²) in [6.45, 7) is 0. The van der Waals surface area contributed by atoms with Crippen LogP contribution in [0.4, 0.5) is 5.69 Å². The third kappa shape index (κ3) is 2.83. The Balaban J connectivity index is 2.42. The van der Waals surface area contributed by atoms with Crippen molar-refractivity contribution < 1.29 is 19.6 Å². The summed E-state index contributed by atoms with van der Waals surface area (Å²) in [5.41, 5.74) is -0.384. The lowest BCUT2D eigenvalue weighted by atomic mass is 10.2. The zero-order valence-electron chi connectivity index (χ0n) is 9.82. The minimum atomic E-state index is -1.23. The van der Waals surface area contributed by atoms with E-state index >= 15 is 0 Å². The van der Waals surface area contributed by atoms with Gasteiger partial charge in [-0.05, 0) is 6.07 Å². The van der Waals surface area contributed by atoms with Gasteiger partial charge in [-0.1, -0.05) is 11.6 Å². The summed E-state index contributed by atoms with van der Waals surface area (Å²) in [4.78, 5) is 24.8. The second kappa shape index (κ2) is 5.54. The first kappa shape index (κ1) is 13.8. The molecule has 7 nitrogen and oxygen atoms in total. The van der Waals surface area contributed by atoms with E-state index in [9.17, 15) is 14.9 Å². The maximum absolute atomic E-state index is 11.0. The van der Waals surface area contributed by atoms with E-state index in [-0.39, 0.29) is 27.8 Å². The number of pyridine rings is 1. The third-order valence-electron chi connectivity index (χ3n) is 2.36. The van der Waals surface area contributed by atoms with Gasteiger partial charge >= 0.3 is 5.97 Å². The predicted molar refractivity (Wildman–Crippen MR) is 69.4 cm³/mol. The van der Waals surface area contributed by atoms with E-state index < -0.39 is 10.9 Å². The predicted octanol–water partition coefficient (Wildman–Crippen LogP) is 3.13. The van der Waals surface area contributed by atoms with Crippen LogP contribution in [0.25, 0.3) is 0 Å². The van der Waals surface area contributed by atoms with Gasteiger partial charge in [-0.25, -0.2) is 4.79 Å². The number of non-ortho nitro benzene ring substituents is 1. The van der Waals surface area contributed by atoms with Crippen LogP contribution in [0.2, 0.25) is 5.02 Å². The van der Waals surface area contributed by atoms with Crippen LogP contribution >= 0.6 is 11.6 Å². The van der Waals surface area contributed by atoms with Crippen LogP contribution in [0, 0.1) is 10.1 Å². The van der Waals surface area contributed by atoms with Crippen molar-refractivity contribution in [2.24, 2.45) is 0 Å². The van der Waals surface area contributed by atoms with Gasteiger partial charge in [-0.2, -0.15) is 0 Å². The Kier molecular flexibility index (Phi) is 3.81. The minimum Gasteiger partial charge on any atom is -0.477 e. The first-order chi connectivity index (χ1) is 9.49. The van der Waals surface area contributed by atoms with Gasteiger partial charge < -0.3 is 9.84 Å². The number of carbonyl (C=O) groups is 1. The zero-order valence-corrected chi connectivity index (χ0v) is 10.6. The van der Waals surface area contributed by atoms with Crippen molar-refractivity contribution in [1.29, 1.82) is 0 Å². The second-order valence-electron chi connectivity index (χ2n) is 3.65. The molecule has 2 aromatic rings. The molecule has 8 heteroatoms. The first-order valence-electron chi connectivity index (χ1n) is 5.28. The Morgan fingerprint density at radius 3 is 2.75 bits per heavy atom. The molecule has 1 heterocycles. The average molecular weight is 295 g/mol. The van der Waals surface area contributed by atoms with Crippen molar-refractivity contribution >= 4 is 23.3 Å². The fourth-order valence-electron chi connectivity index (χ4n) is 1.43. The lowest BCUT2D eigenvalue weighted by Crippen LogP contribution is -2.01. The van der Waals surface area contributed by atoms with Crippen molar-refractivity contribution in [1.82, 2.24) is 4.98 Å². The Morgan fingerprint density at radius 2 is 2.10 bits per heavy atom. The number of aromatic carboxylic acids is 1. The first-order valence-corrected chi connectivity index (χ1v) is 5.66. The number of carboxylic acid groups (broad SMARTS) is 1. The summed E-state index contributed by atoms with van der Waals surface area (Å²) in [5, 5.41) is 19.8.